The van der Waals surface area contributed by atoms with Gasteiger partial charge >= 0.3 is 0 Å². The summed E-state index contributed by atoms with van der Waals surface area (Å²) in [6.45, 7) is 0. The second-order valence-corrected chi connectivity index (χ2v) is 6.55. The molecule has 0 bridgehead atoms. The average molecular weight is 348 g/mol. The van der Waals surface area contributed by atoms with Crippen molar-refractivity contribution in [2.24, 2.45) is 0 Å². The second kappa shape index (κ2) is 6.26. The van der Waals surface area contributed by atoms with Gasteiger partial charge in [0.2, 0.25) is 0 Å². The molecule has 2 heteroatoms. The van der Waals surface area contributed by atoms with Gasteiger partial charge in [-0.1, -0.05) is 84.9 Å². The van der Waals surface area contributed by atoms with E-state index < -0.39 is 0 Å². The van der Waals surface area contributed by atoms with Crippen molar-refractivity contribution in [3.05, 3.63) is 107 Å². The quantitative estimate of drug-likeness (QED) is 0.376. The Labute approximate surface area is 156 Å². The molecule has 2 nitrogen and oxygen atoms in total. The summed E-state index contributed by atoms with van der Waals surface area (Å²) in [6, 6.07) is 31.5. The Bertz CT molecular complexity index is 1330. The molecule has 0 aliphatic carbocycles. The molecular weight excluding hydrogens is 332 g/mol. The highest BCUT2D eigenvalue weighted by Gasteiger charge is 2.13. The molecule has 0 N–H and O–H groups in total. The Hall–Kier alpha value is -3.65. The van der Waals surface area contributed by atoms with Crippen LogP contribution in [-0.4, -0.2) is 0 Å². The first-order chi connectivity index (χ1) is 13.3. The fourth-order valence-corrected chi connectivity index (χ4v) is 3.64. The van der Waals surface area contributed by atoms with Crippen LogP contribution in [0.5, 0.6) is 0 Å². The zero-order valence-corrected chi connectivity index (χ0v) is 14.6. The van der Waals surface area contributed by atoms with Crippen molar-refractivity contribution in [1.29, 1.82) is 0 Å². The molecule has 0 atom stereocenters. The number of benzene rings is 4. The van der Waals surface area contributed by atoms with Gasteiger partial charge < -0.3 is 4.42 Å². The predicted octanol–water partition coefficient (Wildman–Crippen LogP) is 6.28. The van der Waals surface area contributed by atoms with Crippen LogP contribution in [0, 0.1) is 0 Å². The zero-order valence-electron chi connectivity index (χ0n) is 14.6. The molecule has 4 aromatic carbocycles. The Kier molecular flexibility index (Phi) is 3.61. The van der Waals surface area contributed by atoms with E-state index in [9.17, 15) is 4.79 Å². The van der Waals surface area contributed by atoms with Crippen LogP contribution in [0.15, 0.2) is 106 Å². The number of rotatable bonds is 2. The van der Waals surface area contributed by atoms with Gasteiger partial charge in [-0.3, -0.25) is 4.79 Å². The monoisotopic (exact) mass is 348 g/mol. The minimum atomic E-state index is -0.0290. The SMILES string of the molecule is O=c1cc(-c2ccccc2)oc2cccc(-c3cccc4ccccc34)c12. The lowest BCUT2D eigenvalue weighted by molar-refractivity contribution is 0.619. The molecule has 0 amide bonds. The Morgan fingerprint density at radius 1 is 0.630 bits per heavy atom. The van der Waals surface area contributed by atoms with Gasteiger partial charge in [-0.05, 0) is 28.0 Å². The summed E-state index contributed by atoms with van der Waals surface area (Å²) in [5, 5.41) is 2.89. The van der Waals surface area contributed by atoms with Gasteiger partial charge in [0.05, 0.1) is 5.39 Å². The zero-order chi connectivity index (χ0) is 18.2. The lowest BCUT2D eigenvalue weighted by atomic mass is 9.95. The van der Waals surface area contributed by atoms with Gasteiger partial charge in [-0.15, -0.1) is 0 Å². The summed E-state index contributed by atoms with van der Waals surface area (Å²) in [5.74, 6) is 0.586. The predicted molar refractivity (Wildman–Crippen MR) is 111 cm³/mol. The van der Waals surface area contributed by atoms with E-state index in [1.54, 1.807) is 6.07 Å². The van der Waals surface area contributed by atoms with Crippen LogP contribution in [0.3, 0.4) is 0 Å². The third-order valence-corrected chi connectivity index (χ3v) is 4.89. The Balaban J connectivity index is 1.81. The van der Waals surface area contributed by atoms with Crippen LogP contribution in [0.25, 0.3) is 44.2 Å². The number of hydrogen-bond donors (Lipinski definition) is 0. The third-order valence-electron chi connectivity index (χ3n) is 4.89. The normalized spacial score (nSPS) is 11.1. The van der Waals surface area contributed by atoms with E-state index in [1.165, 1.54) is 0 Å². The van der Waals surface area contributed by atoms with Crippen molar-refractivity contribution >= 4 is 21.7 Å². The van der Waals surface area contributed by atoms with Crippen LogP contribution < -0.4 is 5.43 Å². The van der Waals surface area contributed by atoms with Crippen LogP contribution in [0.1, 0.15) is 0 Å². The maximum Gasteiger partial charge on any atom is 0.193 e. The van der Waals surface area contributed by atoms with Crippen LogP contribution >= 0.6 is 0 Å². The van der Waals surface area contributed by atoms with Crippen molar-refractivity contribution in [2.45, 2.75) is 0 Å². The van der Waals surface area contributed by atoms with Crippen LogP contribution in [0.2, 0.25) is 0 Å². The van der Waals surface area contributed by atoms with Crippen molar-refractivity contribution in [3.8, 4) is 22.5 Å². The lowest BCUT2D eigenvalue weighted by Crippen LogP contribution is -2.02. The molecule has 0 unspecified atom stereocenters. The Morgan fingerprint density at radius 2 is 1.33 bits per heavy atom. The van der Waals surface area contributed by atoms with E-state index in [0.29, 0.717) is 16.7 Å². The van der Waals surface area contributed by atoms with E-state index in [-0.39, 0.29) is 5.43 Å². The summed E-state index contributed by atoms with van der Waals surface area (Å²) >= 11 is 0. The molecule has 1 aromatic heterocycles. The first-order valence-corrected chi connectivity index (χ1v) is 8.92. The number of hydrogen-bond acceptors (Lipinski definition) is 2. The highest BCUT2D eigenvalue weighted by atomic mass is 16.3. The molecule has 0 aliphatic rings. The molecular formula is C25H16O2. The molecule has 0 spiro atoms. The molecule has 0 radical (unpaired) electrons. The Morgan fingerprint density at radius 3 is 2.22 bits per heavy atom. The molecule has 0 fully saturated rings. The summed E-state index contributed by atoms with van der Waals surface area (Å²) in [4.78, 5) is 13.0. The topological polar surface area (TPSA) is 30.2 Å². The van der Waals surface area contributed by atoms with E-state index in [4.69, 9.17) is 4.42 Å². The van der Waals surface area contributed by atoms with Gasteiger partial charge in [-0.2, -0.15) is 0 Å². The fourth-order valence-electron chi connectivity index (χ4n) is 3.64. The van der Waals surface area contributed by atoms with Gasteiger partial charge in [0.1, 0.15) is 11.3 Å². The molecule has 5 aromatic rings. The maximum atomic E-state index is 13.0. The largest absolute Gasteiger partial charge is 0.456 e. The molecule has 27 heavy (non-hydrogen) atoms. The van der Waals surface area contributed by atoms with Gasteiger partial charge in [0.25, 0.3) is 0 Å². The average Bonchev–Trinajstić information content (AvgIpc) is 2.73. The van der Waals surface area contributed by atoms with Gasteiger partial charge in [0.15, 0.2) is 5.43 Å². The third kappa shape index (κ3) is 2.63. The van der Waals surface area contributed by atoms with Crippen molar-refractivity contribution in [3.63, 3.8) is 0 Å². The molecule has 0 aliphatic heterocycles. The minimum absolute atomic E-state index is 0.0290. The summed E-state index contributed by atoms with van der Waals surface area (Å²) in [5.41, 5.74) is 3.41. The molecule has 1 heterocycles. The lowest BCUT2D eigenvalue weighted by Gasteiger charge is -2.10. The van der Waals surface area contributed by atoms with E-state index in [0.717, 1.165) is 27.5 Å². The van der Waals surface area contributed by atoms with Crippen molar-refractivity contribution in [1.82, 2.24) is 0 Å². The fraction of sp³-hybridized carbons (Fsp3) is 0. The first kappa shape index (κ1) is 15.6. The second-order valence-electron chi connectivity index (χ2n) is 6.55. The van der Waals surface area contributed by atoms with E-state index in [2.05, 4.69) is 24.3 Å². The minimum Gasteiger partial charge on any atom is -0.456 e. The highest BCUT2D eigenvalue weighted by Crippen LogP contribution is 2.33. The molecule has 0 saturated heterocycles. The highest BCUT2D eigenvalue weighted by molar-refractivity contribution is 6.04. The molecule has 5 rings (SSSR count). The maximum absolute atomic E-state index is 13.0. The molecule has 128 valence electrons. The number of fused-ring (bicyclic) bond motifs is 2. The smallest absolute Gasteiger partial charge is 0.193 e. The van der Waals surface area contributed by atoms with E-state index >= 15 is 0 Å². The van der Waals surface area contributed by atoms with Crippen LogP contribution in [-0.2, 0) is 0 Å². The van der Waals surface area contributed by atoms with Crippen LogP contribution in [0.4, 0.5) is 0 Å². The summed E-state index contributed by atoms with van der Waals surface area (Å²) in [7, 11) is 0. The molecule has 0 saturated carbocycles. The van der Waals surface area contributed by atoms with Crippen molar-refractivity contribution < 1.29 is 4.42 Å². The standard InChI is InChI=1S/C25H16O2/c26-22-16-24(18-9-2-1-3-10-18)27-23-15-7-14-21(25(22)23)20-13-6-11-17-8-4-5-12-19(17)20/h1-16H. The van der Waals surface area contributed by atoms with Crippen molar-refractivity contribution in [2.75, 3.05) is 0 Å². The van der Waals surface area contributed by atoms with E-state index in [1.807, 2.05) is 66.7 Å². The van der Waals surface area contributed by atoms with Gasteiger partial charge in [0, 0.05) is 11.6 Å². The first-order valence-electron chi connectivity index (χ1n) is 8.92. The summed E-state index contributed by atoms with van der Waals surface area (Å²) in [6.07, 6.45) is 0. The summed E-state index contributed by atoms with van der Waals surface area (Å²) < 4.78 is 6.10. The van der Waals surface area contributed by atoms with Gasteiger partial charge in [-0.25, -0.2) is 0 Å².